The molecule has 0 saturated heterocycles. The van der Waals surface area contributed by atoms with Crippen molar-refractivity contribution in [2.24, 2.45) is 0 Å². The highest BCUT2D eigenvalue weighted by atomic mass is 35.5. The molecule has 0 aliphatic rings. The number of esters is 1. The summed E-state index contributed by atoms with van der Waals surface area (Å²) in [5.74, 6) is -0.569. The number of amides is 1. The van der Waals surface area contributed by atoms with Gasteiger partial charge in [-0.3, -0.25) is 4.79 Å². The number of methoxy groups -OCH3 is 1. The third-order valence-electron chi connectivity index (χ3n) is 4.04. The fourth-order valence-electron chi connectivity index (χ4n) is 2.79. The van der Waals surface area contributed by atoms with Crippen LogP contribution in [-0.2, 0) is 9.53 Å². The number of benzene rings is 2. The van der Waals surface area contributed by atoms with Crippen LogP contribution in [0.4, 0.5) is 5.00 Å². The number of para-hydroxylation sites is 1. The molecule has 0 bridgehead atoms. The number of rotatable bonds is 6. The molecule has 3 rings (SSSR count). The molecule has 150 valence electrons. The van der Waals surface area contributed by atoms with Crippen molar-refractivity contribution in [1.29, 1.82) is 0 Å². The number of nitrogens with one attached hydrogen (secondary N) is 1. The highest BCUT2D eigenvalue weighted by Gasteiger charge is 2.25. The van der Waals surface area contributed by atoms with Crippen molar-refractivity contribution in [2.45, 2.75) is 6.92 Å². The fraction of sp³-hybridized carbons (Fsp3) is 0.143. The van der Waals surface area contributed by atoms with Gasteiger partial charge >= 0.3 is 5.97 Å². The van der Waals surface area contributed by atoms with Crippen LogP contribution in [0, 0.1) is 6.92 Å². The lowest BCUT2D eigenvalue weighted by atomic mass is 10.0. The van der Waals surface area contributed by atoms with Gasteiger partial charge < -0.3 is 14.8 Å². The van der Waals surface area contributed by atoms with Crippen LogP contribution >= 0.6 is 34.5 Å². The molecule has 0 radical (unpaired) electrons. The molecule has 1 N–H and O–H groups in total. The predicted molar refractivity (Wildman–Crippen MR) is 116 cm³/mol. The second kappa shape index (κ2) is 9.31. The number of halogens is 2. The highest BCUT2D eigenvalue weighted by molar-refractivity contribution is 7.17. The van der Waals surface area contributed by atoms with Crippen LogP contribution in [0.15, 0.2) is 48.5 Å². The minimum atomic E-state index is -0.549. The topological polar surface area (TPSA) is 64.6 Å². The number of anilines is 1. The van der Waals surface area contributed by atoms with Gasteiger partial charge in [-0.25, -0.2) is 4.79 Å². The molecule has 29 heavy (non-hydrogen) atoms. The van der Waals surface area contributed by atoms with E-state index in [0.717, 1.165) is 10.4 Å². The van der Waals surface area contributed by atoms with Gasteiger partial charge in [0.25, 0.3) is 5.91 Å². The second-order valence-electron chi connectivity index (χ2n) is 6.01. The van der Waals surface area contributed by atoms with E-state index in [-0.39, 0.29) is 12.2 Å². The number of thiophene rings is 1. The van der Waals surface area contributed by atoms with Gasteiger partial charge in [0.2, 0.25) is 0 Å². The van der Waals surface area contributed by atoms with E-state index in [1.165, 1.54) is 18.4 Å². The maximum absolute atomic E-state index is 12.5. The van der Waals surface area contributed by atoms with Gasteiger partial charge in [-0.15, -0.1) is 11.3 Å². The predicted octanol–water partition coefficient (Wildman–Crippen LogP) is 5.83. The van der Waals surface area contributed by atoms with Gasteiger partial charge in [0, 0.05) is 15.5 Å². The molecular formula is C21H17Cl2NO4S. The summed E-state index contributed by atoms with van der Waals surface area (Å²) in [7, 11) is 1.29. The van der Waals surface area contributed by atoms with Crippen molar-refractivity contribution in [3.63, 3.8) is 0 Å². The molecular weight excluding hydrogens is 433 g/mol. The van der Waals surface area contributed by atoms with Crippen LogP contribution in [0.1, 0.15) is 15.2 Å². The highest BCUT2D eigenvalue weighted by Crippen LogP contribution is 2.41. The summed E-state index contributed by atoms with van der Waals surface area (Å²) < 4.78 is 10.4. The number of hydrogen-bond donors (Lipinski definition) is 1. The van der Waals surface area contributed by atoms with E-state index >= 15 is 0 Å². The van der Waals surface area contributed by atoms with Crippen LogP contribution < -0.4 is 10.1 Å². The number of hydrogen-bond acceptors (Lipinski definition) is 5. The summed E-state index contributed by atoms with van der Waals surface area (Å²) in [4.78, 5) is 25.8. The molecule has 0 aliphatic carbocycles. The molecule has 5 nitrogen and oxygen atoms in total. The summed E-state index contributed by atoms with van der Waals surface area (Å²) in [5, 5.41) is 4.08. The normalized spacial score (nSPS) is 10.5. The Morgan fingerprint density at radius 1 is 1.10 bits per heavy atom. The first-order valence-electron chi connectivity index (χ1n) is 8.55. The SMILES string of the molecule is COC(=O)c1c(NC(=O)COc2ccccc2Cl)sc(C)c1-c1cccc(Cl)c1. The maximum Gasteiger partial charge on any atom is 0.341 e. The zero-order valence-electron chi connectivity index (χ0n) is 15.6. The Labute approximate surface area is 182 Å². The summed E-state index contributed by atoms with van der Waals surface area (Å²) in [6.45, 7) is 1.61. The fourth-order valence-corrected chi connectivity index (χ4v) is 4.25. The van der Waals surface area contributed by atoms with Crippen LogP contribution in [-0.4, -0.2) is 25.6 Å². The first-order chi connectivity index (χ1) is 13.9. The van der Waals surface area contributed by atoms with Gasteiger partial charge in [0.15, 0.2) is 6.61 Å². The zero-order valence-corrected chi connectivity index (χ0v) is 18.0. The van der Waals surface area contributed by atoms with E-state index in [1.807, 2.05) is 13.0 Å². The number of carbonyl (C=O) groups is 2. The minimum Gasteiger partial charge on any atom is -0.482 e. The number of aryl methyl sites for hydroxylation is 1. The summed E-state index contributed by atoms with van der Waals surface area (Å²) in [6.07, 6.45) is 0. The van der Waals surface area contributed by atoms with Crippen LogP contribution in [0.25, 0.3) is 11.1 Å². The van der Waals surface area contributed by atoms with Crippen LogP contribution in [0.2, 0.25) is 10.0 Å². The molecule has 2 aromatic carbocycles. The van der Waals surface area contributed by atoms with Gasteiger partial charge in [-0.1, -0.05) is 47.5 Å². The third kappa shape index (κ3) is 4.90. The lowest BCUT2D eigenvalue weighted by molar-refractivity contribution is -0.118. The minimum absolute atomic E-state index is 0.256. The molecule has 0 fully saturated rings. The molecule has 1 amide bonds. The number of ether oxygens (including phenoxy) is 2. The Morgan fingerprint density at radius 3 is 2.55 bits per heavy atom. The molecule has 1 aromatic heterocycles. The third-order valence-corrected chi connectivity index (χ3v) is 5.60. The smallest absolute Gasteiger partial charge is 0.341 e. The first kappa shape index (κ1) is 21.2. The Morgan fingerprint density at radius 2 is 1.86 bits per heavy atom. The van der Waals surface area contributed by atoms with Gasteiger partial charge in [0.1, 0.15) is 16.3 Å². The van der Waals surface area contributed by atoms with Crippen molar-refractivity contribution in [1.82, 2.24) is 0 Å². The van der Waals surface area contributed by atoms with Crippen molar-refractivity contribution in [3.05, 3.63) is 69.0 Å². The van der Waals surface area contributed by atoms with Crippen LogP contribution in [0.5, 0.6) is 5.75 Å². The quantitative estimate of drug-likeness (QED) is 0.480. The largest absolute Gasteiger partial charge is 0.482 e. The van der Waals surface area contributed by atoms with Crippen molar-refractivity contribution >= 4 is 51.4 Å². The van der Waals surface area contributed by atoms with E-state index < -0.39 is 11.9 Å². The molecule has 1 heterocycles. The molecule has 0 unspecified atom stereocenters. The van der Waals surface area contributed by atoms with Crippen molar-refractivity contribution < 1.29 is 19.1 Å². The standard InChI is InChI=1S/C21H17Cl2NO4S/c1-12-18(13-6-5-7-14(22)10-13)19(21(26)27-2)20(29-12)24-17(25)11-28-16-9-4-3-8-15(16)23/h3-10H,11H2,1-2H3,(H,24,25). The summed E-state index contributed by atoms with van der Waals surface area (Å²) in [6, 6.07) is 14.0. The van der Waals surface area contributed by atoms with Crippen molar-refractivity contribution in [3.8, 4) is 16.9 Å². The molecule has 0 spiro atoms. The Hall–Kier alpha value is -2.54. The van der Waals surface area contributed by atoms with Crippen molar-refractivity contribution in [2.75, 3.05) is 19.0 Å². The van der Waals surface area contributed by atoms with E-state index in [1.54, 1.807) is 42.5 Å². The Bertz CT molecular complexity index is 1060. The van der Waals surface area contributed by atoms with E-state index in [0.29, 0.717) is 26.4 Å². The zero-order chi connectivity index (χ0) is 21.0. The maximum atomic E-state index is 12.5. The molecule has 0 saturated carbocycles. The molecule has 8 heteroatoms. The van der Waals surface area contributed by atoms with Gasteiger partial charge in [-0.2, -0.15) is 0 Å². The van der Waals surface area contributed by atoms with Gasteiger partial charge in [-0.05, 0) is 36.8 Å². The second-order valence-corrected chi connectivity index (χ2v) is 8.07. The molecule has 0 aliphatic heterocycles. The van der Waals surface area contributed by atoms with Crippen LogP contribution in [0.3, 0.4) is 0 Å². The monoisotopic (exact) mass is 449 g/mol. The van der Waals surface area contributed by atoms with E-state index in [4.69, 9.17) is 32.7 Å². The lowest BCUT2D eigenvalue weighted by Gasteiger charge is -2.10. The number of carbonyl (C=O) groups excluding carboxylic acids is 2. The Kier molecular flexibility index (Phi) is 6.79. The summed E-state index contributed by atoms with van der Waals surface area (Å²) >= 11 is 13.4. The van der Waals surface area contributed by atoms with E-state index in [9.17, 15) is 9.59 Å². The lowest BCUT2D eigenvalue weighted by Crippen LogP contribution is -2.21. The van der Waals surface area contributed by atoms with Gasteiger partial charge in [0.05, 0.1) is 12.1 Å². The Balaban J connectivity index is 1.87. The van der Waals surface area contributed by atoms with E-state index in [2.05, 4.69) is 5.32 Å². The average Bonchev–Trinajstić information content (AvgIpc) is 3.02. The first-order valence-corrected chi connectivity index (χ1v) is 10.1. The molecule has 3 aromatic rings. The molecule has 0 atom stereocenters. The average molecular weight is 450 g/mol. The summed E-state index contributed by atoms with van der Waals surface area (Å²) in [5.41, 5.74) is 1.72.